The van der Waals surface area contributed by atoms with Crippen molar-refractivity contribution in [2.45, 2.75) is 110 Å². The number of primary amides is 1. The van der Waals surface area contributed by atoms with E-state index in [4.69, 9.17) is 10.5 Å². The summed E-state index contributed by atoms with van der Waals surface area (Å²) in [6.45, 7) is 2.71. The van der Waals surface area contributed by atoms with Crippen LogP contribution in [-0.2, 0) is 4.79 Å². The molecule has 7 heteroatoms. The van der Waals surface area contributed by atoms with Crippen LogP contribution in [0.25, 0.3) is 0 Å². The second-order valence-corrected chi connectivity index (χ2v) is 9.45. The lowest BCUT2D eigenvalue weighted by atomic mass is 10.0. The highest BCUT2D eigenvalue weighted by molar-refractivity contribution is 5.78. The Balaban J connectivity index is 1.96. The Hall–Kier alpha value is -2.44. The Morgan fingerprint density at radius 1 is 0.800 bits per heavy atom. The fourth-order valence-electron chi connectivity index (χ4n) is 4.04. The van der Waals surface area contributed by atoms with E-state index in [-0.39, 0.29) is 24.9 Å². The highest BCUT2D eigenvalue weighted by atomic mass is 16.5. The van der Waals surface area contributed by atoms with Gasteiger partial charge in [-0.15, -0.1) is 0 Å². The first-order valence-electron chi connectivity index (χ1n) is 13.8. The van der Waals surface area contributed by atoms with E-state index < -0.39 is 6.03 Å². The van der Waals surface area contributed by atoms with Crippen LogP contribution >= 0.6 is 0 Å². The van der Waals surface area contributed by atoms with Gasteiger partial charge in [-0.05, 0) is 30.7 Å². The molecule has 7 nitrogen and oxygen atoms in total. The molecule has 200 valence electrons. The van der Waals surface area contributed by atoms with Gasteiger partial charge >= 0.3 is 6.03 Å². The number of rotatable bonds is 22. The molecule has 0 unspecified atom stereocenters. The minimum atomic E-state index is -0.536. The Morgan fingerprint density at radius 2 is 1.26 bits per heavy atom. The first-order valence-corrected chi connectivity index (χ1v) is 13.8. The number of nitrogens with two attached hydrogens (primary N) is 1. The second kappa shape index (κ2) is 20.9. The molecule has 0 aliphatic heterocycles. The van der Waals surface area contributed by atoms with Gasteiger partial charge in [0.25, 0.3) is 5.91 Å². The number of carbonyl (C=O) groups is 2. The molecular weight excluding hydrogens is 442 g/mol. The molecular formula is C28H49N3O4. The van der Waals surface area contributed by atoms with Crippen LogP contribution in [0, 0.1) is 0 Å². The van der Waals surface area contributed by atoms with Crippen LogP contribution < -0.4 is 15.8 Å². The Kier molecular flexibility index (Phi) is 18.3. The quantitative estimate of drug-likeness (QED) is 0.127. The highest BCUT2D eigenvalue weighted by Gasteiger charge is 2.11. The fourth-order valence-corrected chi connectivity index (χ4v) is 4.04. The third kappa shape index (κ3) is 17.6. The average Bonchev–Trinajstić information content (AvgIpc) is 2.85. The van der Waals surface area contributed by atoms with Gasteiger partial charge in [-0.25, -0.2) is 4.79 Å². The van der Waals surface area contributed by atoms with E-state index in [9.17, 15) is 14.7 Å². The van der Waals surface area contributed by atoms with Crippen molar-refractivity contribution < 1.29 is 19.4 Å². The molecule has 4 N–H and O–H groups in total. The Labute approximate surface area is 212 Å². The number of aromatic hydroxyl groups is 1. The molecule has 0 aliphatic rings. The summed E-state index contributed by atoms with van der Waals surface area (Å²) in [6, 6.07) is 5.59. The summed E-state index contributed by atoms with van der Waals surface area (Å²) in [4.78, 5) is 25.1. The molecule has 0 aromatic heterocycles. The SMILES string of the molecule is CCCCCCCCCCCCCCCCCCN(CNC(=O)COc1ccc(O)cc1)C(N)=O. The molecule has 1 rings (SSSR count). The van der Waals surface area contributed by atoms with Crippen LogP contribution in [0.1, 0.15) is 110 Å². The predicted octanol–water partition coefficient (Wildman–Crippen LogP) is 6.49. The fraction of sp³-hybridized carbons (Fsp3) is 0.714. The van der Waals surface area contributed by atoms with E-state index in [1.807, 2.05) is 0 Å². The summed E-state index contributed by atoms with van der Waals surface area (Å²) < 4.78 is 5.35. The zero-order chi connectivity index (χ0) is 25.6. The number of phenols is 1. The van der Waals surface area contributed by atoms with Crippen molar-refractivity contribution >= 4 is 11.9 Å². The van der Waals surface area contributed by atoms with Crippen LogP contribution in [0.3, 0.4) is 0 Å². The number of urea groups is 1. The lowest BCUT2D eigenvalue weighted by Gasteiger charge is -2.20. The van der Waals surface area contributed by atoms with Crippen molar-refractivity contribution in [2.75, 3.05) is 19.8 Å². The average molecular weight is 492 g/mol. The van der Waals surface area contributed by atoms with Crippen molar-refractivity contribution in [3.8, 4) is 11.5 Å². The molecule has 0 radical (unpaired) electrons. The molecule has 0 spiro atoms. The van der Waals surface area contributed by atoms with Crippen LogP contribution in [0.2, 0.25) is 0 Å². The summed E-state index contributed by atoms with van der Waals surface area (Å²) in [5.41, 5.74) is 5.45. The molecule has 0 fully saturated rings. The number of benzene rings is 1. The molecule has 35 heavy (non-hydrogen) atoms. The molecule has 3 amide bonds. The number of unbranched alkanes of at least 4 members (excludes halogenated alkanes) is 15. The standard InChI is InChI=1S/C28H49N3O4/c1-2-3-4-5-6-7-8-9-10-11-12-13-14-15-16-17-22-31(28(29)34)24-30-27(33)23-35-26-20-18-25(32)19-21-26/h18-21,32H,2-17,22-24H2,1H3,(H2,29,34)(H,30,33). The number of nitrogens with zero attached hydrogens (tertiary/aromatic N) is 1. The maximum absolute atomic E-state index is 12.0. The molecule has 0 bridgehead atoms. The van der Waals surface area contributed by atoms with E-state index in [2.05, 4.69) is 12.2 Å². The monoisotopic (exact) mass is 491 g/mol. The number of hydrogen-bond acceptors (Lipinski definition) is 4. The maximum atomic E-state index is 12.0. The van der Waals surface area contributed by atoms with Crippen molar-refractivity contribution in [2.24, 2.45) is 5.73 Å². The van der Waals surface area contributed by atoms with Crippen LogP contribution in [0.15, 0.2) is 24.3 Å². The van der Waals surface area contributed by atoms with Gasteiger partial charge in [0.05, 0.1) is 6.67 Å². The van der Waals surface area contributed by atoms with Gasteiger partial charge in [0, 0.05) is 6.54 Å². The molecule has 0 heterocycles. The lowest BCUT2D eigenvalue weighted by Crippen LogP contribution is -2.45. The zero-order valence-corrected chi connectivity index (χ0v) is 21.9. The number of hydrogen-bond donors (Lipinski definition) is 3. The van der Waals surface area contributed by atoms with E-state index in [1.54, 1.807) is 12.1 Å². The van der Waals surface area contributed by atoms with Gasteiger partial charge in [-0.3, -0.25) is 4.79 Å². The predicted molar refractivity (Wildman–Crippen MR) is 142 cm³/mol. The summed E-state index contributed by atoms with van der Waals surface area (Å²) in [5.74, 6) is 0.280. The van der Waals surface area contributed by atoms with Crippen molar-refractivity contribution in [3.05, 3.63) is 24.3 Å². The smallest absolute Gasteiger partial charge is 0.316 e. The first-order chi connectivity index (χ1) is 17.0. The largest absolute Gasteiger partial charge is 0.508 e. The number of amides is 3. The molecule has 1 aromatic carbocycles. The summed E-state index contributed by atoms with van der Waals surface area (Å²) in [7, 11) is 0. The Morgan fingerprint density at radius 3 is 1.71 bits per heavy atom. The topological polar surface area (TPSA) is 105 Å². The van der Waals surface area contributed by atoms with E-state index in [0.29, 0.717) is 12.3 Å². The molecule has 0 saturated carbocycles. The van der Waals surface area contributed by atoms with Crippen molar-refractivity contribution in [1.29, 1.82) is 0 Å². The third-order valence-electron chi connectivity index (χ3n) is 6.27. The normalized spacial score (nSPS) is 10.8. The molecule has 0 atom stereocenters. The zero-order valence-electron chi connectivity index (χ0n) is 21.9. The van der Waals surface area contributed by atoms with Gasteiger partial charge in [0.15, 0.2) is 6.61 Å². The van der Waals surface area contributed by atoms with E-state index in [0.717, 1.165) is 19.3 Å². The van der Waals surface area contributed by atoms with Crippen LogP contribution in [0.4, 0.5) is 4.79 Å². The van der Waals surface area contributed by atoms with Crippen molar-refractivity contribution in [1.82, 2.24) is 10.2 Å². The highest BCUT2D eigenvalue weighted by Crippen LogP contribution is 2.16. The third-order valence-corrected chi connectivity index (χ3v) is 6.27. The van der Waals surface area contributed by atoms with Crippen LogP contribution in [-0.4, -0.2) is 41.8 Å². The minimum absolute atomic E-state index is 0.0752. The molecule has 0 saturated heterocycles. The van der Waals surface area contributed by atoms with Gasteiger partial charge in [-0.1, -0.05) is 103 Å². The number of carbonyl (C=O) groups excluding carboxylic acids is 2. The Bertz CT molecular complexity index is 667. The number of ether oxygens (including phenoxy) is 1. The van der Waals surface area contributed by atoms with E-state index >= 15 is 0 Å². The number of nitrogens with one attached hydrogen (secondary N) is 1. The van der Waals surface area contributed by atoms with Crippen molar-refractivity contribution in [3.63, 3.8) is 0 Å². The second-order valence-electron chi connectivity index (χ2n) is 9.45. The van der Waals surface area contributed by atoms with Gasteiger partial charge in [-0.2, -0.15) is 0 Å². The van der Waals surface area contributed by atoms with Gasteiger partial charge < -0.3 is 25.8 Å². The van der Waals surface area contributed by atoms with Crippen LogP contribution in [0.5, 0.6) is 11.5 Å². The van der Waals surface area contributed by atoms with Gasteiger partial charge in [0.1, 0.15) is 11.5 Å². The first kappa shape index (κ1) is 30.6. The summed E-state index contributed by atoms with van der Waals surface area (Å²) in [6.07, 6.45) is 20.8. The summed E-state index contributed by atoms with van der Waals surface area (Å²) >= 11 is 0. The molecule has 0 aliphatic carbocycles. The minimum Gasteiger partial charge on any atom is -0.508 e. The van der Waals surface area contributed by atoms with E-state index in [1.165, 1.54) is 101 Å². The lowest BCUT2D eigenvalue weighted by molar-refractivity contribution is -0.123. The maximum Gasteiger partial charge on any atom is 0.316 e. The van der Waals surface area contributed by atoms with Gasteiger partial charge in [0.2, 0.25) is 0 Å². The summed E-state index contributed by atoms with van der Waals surface area (Å²) in [5, 5.41) is 11.9. The molecule has 1 aromatic rings. The number of phenolic OH excluding ortho intramolecular Hbond substituents is 1.